The third kappa shape index (κ3) is 4.81. The molecule has 184 valence electrons. The molecule has 0 N–H and O–H groups in total. The minimum absolute atomic E-state index is 0.137. The number of carbonyl (C=O) groups excluding carboxylic acids is 1. The van der Waals surface area contributed by atoms with E-state index >= 15 is 0 Å². The van der Waals surface area contributed by atoms with Gasteiger partial charge in [0.1, 0.15) is 5.82 Å². The highest BCUT2D eigenvalue weighted by molar-refractivity contribution is 5.92. The SMILES string of the molecule is O=C(C=Cc1ccc2c(c1)CCN2C1CCCCC1)N1CC(N2CCN(c3ccccn3)CC2)C1. The number of likely N-dealkylation sites (tertiary alicyclic amines) is 1. The van der Waals surface area contributed by atoms with Crippen LogP contribution in [0, 0.1) is 0 Å². The molecule has 0 bridgehead atoms. The summed E-state index contributed by atoms with van der Waals surface area (Å²) in [6.45, 7) is 6.89. The largest absolute Gasteiger partial charge is 0.368 e. The first-order valence-electron chi connectivity index (χ1n) is 13.5. The quantitative estimate of drug-likeness (QED) is 0.621. The third-order valence-electron chi connectivity index (χ3n) is 8.45. The highest BCUT2D eigenvalue weighted by Gasteiger charge is 2.35. The molecule has 1 aromatic heterocycles. The van der Waals surface area contributed by atoms with Crippen LogP contribution < -0.4 is 9.80 Å². The maximum atomic E-state index is 12.8. The summed E-state index contributed by atoms with van der Waals surface area (Å²) in [6.07, 6.45) is 13.6. The average molecular weight is 472 g/mol. The van der Waals surface area contributed by atoms with Crippen LogP contribution in [0.1, 0.15) is 43.2 Å². The molecular formula is C29H37N5O. The number of hydrogen-bond acceptors (Lipinski definition) is 5. The number of carbonyl (C=O) groups is 1. The molecule has 0 spiro atoms. The maximum Gasteiger partial charge on any atom is 0.246 e. The van der Waals surface area contributed by atoms with Crippen LogP contribution in [-0.2, 0) is 11.2 Å². The van der Waals surface area contributed by atoms with Crippen molar-refractivity contribution in [2.75, 3.05) is 55.6 Å². The summed E-state index contributed by atoms with van der Waals surface area (Å²) in [5.41, 5.74) is 4.01. The van der Waals surface area contributed by atoms with Gasteiger partial charge in [0.05, 0.1) is 0 Å². The van der Waals surface area contributed by atoms with E-state index in [4.69, 9.17) is 0 Å². The Morgan fingerprint density at radius 2 is 1.74 bits per heavy atom. The Labute approximate surface area is 209 Å². The van der Waals surface area contributed by atoms with Crippen molar-refractivity contribution >= 4 is 23.5 Å². The van der Waals surface area contributed by atoms with Gasteiger partial charge in [-0.1, -0.05) is 31.4 Å². The summed E-state index contributed by atoms with van der Waals surface area (Å²) in [7, 11) is 0. The molecule has 4 aliphatic rings. The lowest BCUT2D eigenvalue weighted by atomic mass is 9.94. The van der Waals surface area contributed by atoms with Gasteiger partial charge in [0, 0.05) is 75.9 Å². The van der Waals surface area contributed by atoms with Crippen LogP contribution in [0.2, 0.25) is 0 Å². The Morgan fingerprint density at radius 1 is 0.914 bits per heavy atom. The predicted molar refractivity (Wildman–Crippen MR) is 142 cm³/mol. The molecule has 0 atom stereocenters. The molecule has 6 heteroatoms. The van der Waals surface area contributed by atoms with Gasteiger partial charge in [-0.15, -0.1) is 0 Å². The molecule has 1 aliphatic carbocycles. The van der Waals surface area contributed by atoms with E-state index in [0.29, 0.717) is 6.04 Å². The van der Waals surface area contributed by atoms with Crippen molar-refractivity contribution in [3.63, 3.8) is 0 Å². The first-order valence-corrected chi connectivity index (χ1v) is 13.5. The van der Waals surface area contributed by atoms with Gasteiger partial charge < -0.3 is 14.7 Å². The minimum atomic E-state index is 0.137. The Morgan fingerprint density at radius 3 is 2.51 bits per heavy atom. The zero-order valence-corrected chi connectivity index (χ0v) is 20.7. The van der Waals surface area contributed by atoms with Crippen molar-refractivity contribution in [2.24, 2.45) is 0 Å². The molecule has 35 heavy (non-hydrogen) atoms. The Balaban J connectivity index is 0.983. The summed E-state index contributed by atoms with van der Waals surface area (Å²) in [5.74, 6) is 1.20. The Kier molecular flexibility index (Phi) is 6.47. The molecule has 1 aromatic carbocycles. The number of pyridine rings is 1. The second kappa shape index (κ2) is 10.0. The number of piperazine rings is 1. The van der Waals surface area contributed by atoms with Gasteiger partial charge in [0.2, 0.25) is 5.91 Å². The highest BCUT2D eigenvalue weighted by Crippen LogP contribution is 2.35. The number of hydrogen-bond donors (Lipinski definition) is 0. The lowest BCUT2D eigenvalue weighted by Crippen LogP contribution is -2.64. The van der Waals surface area contributed by atoms with Gasteiger partial charge >= 0.3 is 0 Å². The standard InChI is InChI=1S/C29H37N5O/c35-29(33-21-26(22-33)31-16-18-32(19-17-31)28-8-4-5-14-30-28)12-10-23-9-11-27-24(20-23)13-15-34(27)25-6-2-1-3-7-25/h4-5,8-12,14,20,25-26H,1-3,6-7,13,15-19,21-22H2. The van der Waals surface area contributed by atoms with Crippen molar-refractivity contribution in [3.05, 3.63) is 59.8 Å². The molecule has 2 aromatic rings. The summed E-state index contributed by atoms with van der Waals surface area (Å²) in [5, 5.41) is 0. The van der Waals surface area contributed by atoms with E-state index in [2.05, 4.69) is 43.9 Å². The number of nitrogens with zero attached hydrogens (tertiary/aromatic N) is 5. The van der Waals surface area contributed by atoms with E-state index in [1.807, 2.05) is 29.3 Å². The normalized spacial score (nSPS) is 22.0. The van der Waals surface area contributed by atoms with E-state index in [1.54, 1.807) is 6.08 Å². The molecular weight excluding hydrogens is 434 g/mol. The highest BCUT2D eigenvalue weighted by atomic mass is 16.2. The summed E-state index contributed by atoms with van der Waals surface area (Å²) in [4.78, 5) is 26.7. The fraction of sp³-hybridized carbons (Fsp3) is 0.517. The van der Waals surface area contributed by atoms with E-state index in [-0.39, 0.29) is 5.91 Å². The molecule has 6 nitrogen and oxygen atoms in total. The van der Waals surface area contributed by atoms with E-state index in [1.165, 1.54) is 43.4 Å². The smallest absolute Gasteiger partial charge is 0.246 e. The van der Waals surface area contributed by atoms with Crippen LogP contribution in [0.3, 0.4) is 0 Å². The summed E-state index contributed by atoms with van der Waals surface area (Å²) in [6, 6.07) is 14.1. The molecule has 6 rings (SSSR count). The molecule has 0 radical (unpaired) electrons. The number of amides is 1. The fourth-order valence-corrected chi connectivity index (χ4v) is 6.32. The monoisotopic (exact) mass is 471 g/mol. The first kappa shape index (κ1) is 22.6. The van der Waals surface area contributed by atoms with Crippen molar-refractivity contribution in [1.82, 2.24) is 14.8 Å². The number of aromatic nitrogens is 1. The lowest BCUT2D eigenvalue weighted by molar-refractivity contribution is -0.133. The lowest BCUT2D eigenvalue weighted by Gasteiger charge is -2.48. The van der Waals surface area contributed by atoms with Crippen molar-refractivity contribution in [2.45, 2.75) is 50.6 Å². The van der Waals surface area contributed by atoms with Crippen molar-refractivity contribution in [3.8, 4) is 0 Å². The van der Waals surface area contributed by atoms with Crippen LogP contribution in [0.5, 0.6) is 0 Å². The number of fused-ring (bicyclic) bond motifs is 1. The topological polar surface area (TPSA) is 42.9 Å². The Hall–Kier alpha value is -2.86. The van der Waals surface area contributed by atoms with E-state index in [0.717, 1.165) is 69.7 Å². The van der Waals surface area contributed by atoms with Gasteiger partial charge in [-0.05, 0) is 60.7 Å². The minimum Gasteiger partial charge on any atom is -0.368 e. The number of rotatable bonds is 5. The van der Waals surface area contributed by atoms with Crippen LogP contribution in [0.15, 0.2) is 48.7 Å². The van der Waals surface area contributed by atoms with Gasteiger partial charge in [-0.2, -0.15) is 0 Å². The first-order chi connectivity index (χ1) is 17.2. The van der Waals surface area contributed by atoms with Crippen LogP contribution in [0.4, 0.5) is 11.5 Å². The maximum absolute atomic E-state index is 12.8. The average Bonchev–Trinajstić information content (AvgIpc) is 3.31. The van der Waals surface area contributed by atoms with Gasteiger partial charge in [-0.25, -0.2) is 4.98 Å². The van der Waals surface area contributed by atoms with Crippen molar-refractivity contribution in [1.29, 1.82) is 0 Å². The Bertz CT molecular complexity index is 1050. The zero-order chi connectivity index (χ0) is 23.6. The number of anilines is 2. The zero-order valence-electron chi connectivity index (χ0n) is 20.7. The summed E-state index contributed by atoms with van der Waals surface area (Å²) >= 11 is 0. The summed E-state index contributed by atoms with van der Waals surface area (Å²) < 4.78 is 0. The second-order valence-electron chi connectivity index (χ2n) is 10.6. The van der Waals surface area contributed by atoms with E-state index in [9.17, 15) is 4.79 Å². The predicted octanol–water partition coefficient (Wildman–Crippen LogP) is 3.82. The molecule has 1 amide bonds. The molecule has 3 fully saturated rings. The second-order valence-corrected chi connectivity index (χ2v) is 10.6. The molecule has 0 unspecified atom stereocenters. The van der Waals surface area contributed by atoms with Crippen LogP contribution >= 0.6 is 0 Å². The fourth-order valence-electron chi connectivity index (χ4n) is 6.32. The van der Waals surface area contributed by atoms with Gasteiger partial charge in [-0.3, -0.25) is 9.69 Å². The molecule has 1 saturated carbocycles. The molecule has 2 saturated heterocycles. The van der Waals surface area contributed by atoms with Crippen LogP contribution in [0.25, 0.3) is 6.08 Å². The van der Waals surface area contributed by atoms with Gasteiger partial charge in [0.25, 0.3) is 0 Å². The third-order valence-corrected chi connectivity index (χ3v) is 8.45. The van der Waals surface area contributed by atoms with E-state index < -0.39 is 0 Å². The van der Waals surface area contributed by atoms with Crippen molar-refractivity contribution < 1.29 is 4.79 Å². The van der Waals surface area contributed by atoms with Crippen LogP contribution in [-0.4, -0.2) is 78.6 Å². The number of benzene rings is 1. The molecule has 4 heterocycles. The van der Waals surface area contributed by atoms with Gasteiger partial charge in [0.15, 0.2) is 0 Å². The molecule has 3 aliphatic heterocycles.